The molecule has 1 heterocycles. The van der Waals surface area contributed by atoms with Crippen LogP contribution in [-0.2, 0) is 0 Å². The van der Waals surface area contributed by atoms with Crippen molar-refractivity contribution in [2.75, 3.05) is 60.6 Å². The lowest BCUT2D eigenvalue weighted by Gasteiger charge is -2.33. The fourth-order valence-electron chi connectivity index (χ4n) is 3.37. The summed E-state index contributed by atoms with van der Waals surface area (Å²) in [5.74, 6) is 2.27. The van der Waals surface area contributed by atoms with Crippen LogP contribution < -0.4 is 14.2 Å². The highest BCUT2D eigenvalue weighted by Crippen LogP contribution is 2.24. The number of likely N-dealkylation sites (N-methyl/N-ethyl adjacent to an activating group) is 1. The van der Waals surface area contributed by atoms with Crippen molar-refractivity contribution in [3.05, 3.63) is 53.6 Å². The average molecular weight is 413 g/mol. The van der Waals surface area contributed by atoms with E-state index < -0.39 is 6.10 Å². The van der Waals surface area contributed by atoms with E-state index in [0.29, 0.717) is 13.2 Å². The number of rotatable bonds is 9. The average Bonchev–Trinajstić information content (AvgIpc) is 2.78. The number of aliphatic hydroxyl groups excluding tert-OH is 1. The highest BCUT2D eigenvalue weighted by molar-refractivity contribution is 5.71. The van der Waals surface area contributed by atoms with Gasteiger partial charge < -0.3 is 24.2 Å². The van der Waals surface area contributed by atoms with Crippen LogP contribution in [0.25, 0.3) is 12.2 Å². The minimum atomic E-state index is -0.490. The van der Waals surface area contributed by atoms with E-state index in [1.807, 2.05) is 54.6 Å². The molecule has 3 rings (SSSR count). The SMILES string of the molecule is COc1cc(/C=C/c2ccc(OCC(O)CN3CCN(C)CC3)cc2)cc(OC)c1. The Kier molecular flexibility index (Phi) is 8.13. The van der Waals surface area contributed by atoms with Crippen molar-refractivity contribution in [1.29, 1.82) is 0 Å². The molecule has 6 heteroatoms. The monoisotopic (exact) mass is 412 g/mol. The van der Waals surface area contributed by atoms with Gasteiger partial charge in [0.2, 0.25) is 0 Å². The summed E-state index contributed by atoms with van der Waals surface area (Å²) in [6, 6.07) is 13.6. The molecule has 2 aromatic rings. The molecule has 2 aromatic carbocycles. The topological polar surface area (TPSA) is 54.4 Å². The van der Waals surface area contributed by atoms with Crippen LogP contribution in [0.4, 0.5) is 0 Å². The van der Waals surface area contributed by atoms with Crippen molar-refractivity contribution in [2.24, 2.45) is 0 Å². The van der Waals surface area contributed by atoms with Gasteiger partial charge in [0.25, 0.3) is 0 Å². The van der Waals surface area contributed by atoms with E-state index in [1.54, 1.807) is 14.2 Å². The lowest BCUT2D eigenvalue weighted by Crippen LogP contribution is -2.47. The first kappa shape index (κ1) is 22.2. The van der Waals surface area contributed by atoms with E-state index >= 15 is 0 Å². The number of β-amino-alcohol motifs (C(OH)–C–C–N with tert-alkyl or cyclic N) is 1. The Morgan fingerprint density at radius 1 is 0.867 bits per heavy atom. The first-order chi connectivity index (χ1) is 14.6. The number of ether oxygens (including phenoxy) is 3. The Labute approximate surface area is 179 Å². The predicted molar refractivity (Wildman–Crippen MR) is 120 cm³/mol. The fraction of sp³-hybridized carbons (Fsp3) is 0.417. The summed E-state index contributed by atoms with van der Waals surface area (Å²) < 4.78 is 16.4. The molecule has 1 fully saturated rings. The number of piperazine rings is 1. The summed E-state index contributed by atoms with van der Waals surface area (Å²) in [5, 5.41) is 10.3. The molecule has 0 aliphatic carbocycles. The molecule has 30 heavy (non-hydrogen) atoms. The number of methoxy groups -OCH3 is 2. The molecular weight excluding hydrogens is 380 g/mol. The van der Waals surface area contributed by atoms with Gasteiger partial charge in [-0.25, -0.2) is 0 Å². The van der Waals surface area contributed by atoms with Crippen molar-refractivity contribution in [2.45, 2.75) is 6.10 Å². The fourth-order valence-corrected chi connectivity index (χ4v) is 3.37. The Bertz CT molecular complexity index is 792. The third-order valence-electron chi connectivity index (χ3n) is 5.23. The van der Waals surface area contributed by atoms with E-state index in [2.05, 4.69) is 16.8 Å². The Morgan fingerprint density at radius 2 is 1.47 bits per heavy atom. The van der Waals surface area contributed by atoms with Crippen LogP contribution in [0.1, 0.15) is 11.1 Å². The minimum Gasteiger partial charge on any atom is -0.497 e. The first-order valence-electron chi connectivity index (χ1n) is 10.3. The standard InChI is InChI=1S/C24H32N2O4/c1-25-10-12-26(13-11-25)17-21(27)18-30-22-8-6-19(7-9-22)4-5-20-14-23(28-2)16-24(15-20)29-3/h4-9,14-16,21,27H,10-13,17-18H2,1-3H3/b5-4+. The molecule has 1 saturated heterocycles. The van der Waals surface area contributed by atoms with Crippen LogP contribution in [0.2, 0.25) is 0 Å². The van der Waals surface area contributed by atoms with Crippen LogP contribution in [0, 0.1) is 0 Å². The van der Waals surface area contributed by atoms with E-state index in [9.17, 15) is 5.11 Å². The summed E-state index contributed by atoms with van der Waals surface area (Å²) in [5.41, 5.74) is 2.06. The third-order valence-corrected chi connectivity index (χ3v) is 5.23. The van der Waals surface area contributed by atoms with Gasteiger partial charge in [0.05, 0.1) is 14.2 Å². The highest BCUT2D eigenvalue weighted by Gasteiger charge is 2.17. The molecule has 0 spiro atoms. The highest BCUT2D eigenvalue weighted by atomic mass is 16.5. The summed E-state index contributed by atoms with van der Waals surface area (Å²) in [7, 11) is 5.41. The smallest absolute Gasteiger partial charge is 0.123 e. The molecule has 0 radical (unpaired) electrons. The number of aliphatic hydroxyl groups is 1. The Hall–Kier alpha value is -2.54. The minimum absolute atomic E-state index is 0.297. The molecule has 1 atom stereocenters. The van der Waals surface area contributed by atoms with Gasteiger partial charge in [-0.05, 0) is 42.4 Å². The largest absolute Gasteiger partial charge is 0.497 e. The molecule has 1 unspecified atom stereocenters. The molecule has 0 saturated carbocycles. The van der Waals surface area contributed by atoms with Crippen LogP contribution >= 0.6 is 0 Å². The molecule has 1 aliphatic heterocycles. The van der Waals surface area contributed by atoms with Gasteiger partial charge in [0.15, 0.2) is 0 Å². The van der Waals surface area contributed by atoms with Gasteiger partial charge in [0.1, 0.15) is 30.0 Å². The summed E-state index contributed by atoms with van der Waals surface area (Å²) >= 11 is 0. The molecule has 0 bridgehead atoms. The number of hydrogen-bond acceptors (Lipinski definition) is 6. The van der Waals surface area contributed by atoms with Crippen LogP contribution in [0.3, 0.4) is 0 Å². The number of nitrogens with zero attached hydrogens (tertiary/aromatic N) is 2. The molecule has 0 aromatic heterocycles. The maximum atomic E-state index is 10.3. The zero-order chi connectivity index (χ0) is 21.3. The van der Waals surface area contributed by atoms with Gasteiger partial charge in [-0.15, -0.1) is 0 Å². The summed E-state index contributed by atoms with van der Waals surface area (Å²) in [6.07, 6.45) is 3.55. The van der Waals surface area contributed by atoms with Gasteiger partial charge in [-0.1, -0.05) is 24.3 Å². The first-order valence-corrected chi connectivity index (χ1v) is 10.3. The lowest BCUT2D eigenvalue weighted by molar-refractivity contribution is 0.0505. The van der Waals surface area contributed by atoms with Gasteiger partial charge in [-0.3, -0.25) is 4.90 Å². The lowest BCUT2D eigenvalue weighted by atomic mass is 10.1. The van der Waals surface area contributed by atoms with Gasteiger partial charge >= 0.3 is 0 Å². The molecule has 0 amide bonds. The van der Waals surface area contributed by atoms with Gasteiger partial charge in [-0.2, -0.15) is 0 Å². The number of benzene rings is 2. The molecular formula is C24H32N2O4. The maximum absolute atomic E-state index is 10.3. The van der Waals surface area contributed by atoms with Gasteiger partial charge in [0, 0.05) is 38.8 Å². The number of hydrogen-bond donors (Lipinski definition) is 1. The Morgan fingerprint density at radius 3 is 2.07 bits per heavy atom. The summed E-state index contributed by atoms with van der Waals surface area (Å²) in [4.78, 5) is 4.59. The second-order valence-corrected chi connectivity index (χ2v) is 7.62. The normalized spacial score (nSPS) is 16.5. The summed E-state index contributed by atoms with van der Waals surface area (Å²) in [6.45, 7) is 5.03. The molecule has 162 valence electrons. The predicted octanol–water partition coefficient (Wildman–Crippen LogP) is 2.86. The van der Waals surface area contributed by atoms with E-state index in [1.165, 1.54) is 0 Å². The molecule has 1 N–H and O–H groups in total. The maximum Gasteiger partial charge on any atom is 0.123 e. The van der Waals surface area contributed by atoms with Crippen molar-refractivity contribution in [1.82, 2.24) is 9.80 Å². The Balaban J connectivity index is 1.49. The van der Waals surface area contributed by atoms with Crippen LogP contribution in [0.5, 0.6) is 17.2 Å². The van der Waals surface area contributed by atoms with Crippen LogP contribution in [-0.4, -0.2) is 81.6 Å². The zero-order valence-electron chi connectivity index (χ0n) is 18.1. The third kappa shape index (κ3) is 6.76. The quantitative estimate of drug-likeness (QED) is 0.640. The molecule has 6 nitrogen and oxygen atoms in total. The van der Waals surface area contributed by atoms with Crippen molar-refractivity contribution >= 4 is 12.2 Å². The second kappa shape index (κ2) is 11.0. The van der Waals surface area contributed by atoms with Crippen molar-refractivity contribution < 1.29 is 19.3 Å². The van der Waals surface area contributed by atoms with Crippen LogP contribution in [0.15, 0.2) is 42.5 Å². The van der Waals surface area contributed by atoms with E-state index in [0.717, 1.165) is 54.6 Å². The second-order valence-electron chi connectivity index (χ2n) is 7.62. The van der Waals surface area contributed by atoms with Crippen molar-refractivity contribution in [3.63, 3.8) is 0 Å². The van der Waals surface area contributed by atoms with E-state index in [4.69, 9.17) is 14.2 Å². The zero-order valence-corrected chi connectivity index (χ0v) is 18.1. The van der Waals surface area contributed by atoms with Crippen molar-refractivity contribution in [3.8, 4) is 17.2 Å². The molecule has 1 aliphatic rings. The van der Waals surface area contributed by atoms with E-state index in [-0.39, 0.29) is 0 Å².